The summed E-state index contributed by atoms with van der Waals surface area (Å²) < 4.78 is 0. The van der Waals surface area contributed by atoms with Crippen LogP contribution in [0.1, 0.15) is 11.1 Å². The van der Waals surface area contributed by atoms with Crippen LogP contribution in [0.5, 0.6) is 0 Å². The first-order valence-electron chi connectivity index (χ1n) is 8.97. The van der Waals surface area contributed by atoms with Gasteiger partial charge >= 0.3 is 0 Å². The Bertz CT molecular complexity index is 1200. The molecule has 0 bridgehead atoms. The van der Waals surface area contributed by atoms with Crippen molar-refractivity contribution < 1.29 is 9.72 Å². The molecule has 1 aliphatic rings. The molecule has 5 nitrogen and oxygen atoms in total. The molecule has 0 spiro atoms. The number of anilines is 1. The van der Waals surface area contributed by atoms with E-state index in [-0.39, 0.29) is 11.6 Å². The average Bonchev–Trinajstić information content (AvgIpc) is 3.05. The molecule has 30 heavy (non-hydrogen) atoms. The van der Waals surface area contributed by atoms with Gasteiger partial charge in [0.25, 0.3) is 11.6 Å². The van der Waals surface area contributed by atoms with Gasteiger partial charge in [-0.05, 0) is 53.6 Å². The number of carbonyl (C=O) groups is 1. The number of non-ortho nitro benzene ring substituents is 1. The minimum Gasteiger partial charge on any atom is -0.275 e. The summed E-state index contributed by atoms with van der Waals surface area (Å²) in [5.41, 5.74) is 3.16. The number of nitro groups is 1. The molecule has 3 aromatic rings. The maximum absolute atomic E-state index is 13.3. The number of nitro benzene ring substituents is 1. The van der Waals surface area contributed by atoms with Crippen molar-refractivity contribution >= 4 is 52.3 Å². The Labute approximate surface area is 182 Å². The Kier molecular flexibility index (Phi) is 5.40. The van der Waals surface area contributed by atoms with E-state index in [2.05, 4.69) is 0 Å². The van der Waals surface area contributed by atoms with Crippen molar-refractivity contribution in [2.45, 2.75) is 0 Å². The standard InChI is InChI=1S/C23H14Cl2N2O3/c24-18-8-11-21(20(25)14-18)26-22(16-4-2-1-3-5-16)13-17(23(26)28)12-15-6-9-19(10-7-15)27(29)30/h1-14H/b17-12+. The number of benzene rings is 3. The molecule has 1 heterocycles. The second-order valence-electron chi connectivity index (χ2n) is 6.58. The van der Waals surface area contributed by atoms with Gasteiger partial charge in [-0.1, -0.05) is 53.5 Å². The van der Waals surface area contributed by atoms with Crippen LogP contribution in [0.15, 0.2) is 84.4 Å². The largest absolute Gasteiger partial charge is 0.275 e. The Morgan fingerprint density at radius 1 is 0.933 bits per heavy atom. The Balaban J connectivity index is 1.80. The highest BCUT2D eigenvalue weighted by atomic mass is 35.5. The molecular formula is C23H14Cl2N2O3. The molecule has 0 aromatic heterocycles. The van der Waals surface area contributed by atoms with Gasteiger partial charge in [-0.25, -0.2) is 0 Å². The molecule has 4 rings (SSSR count). The van der Waals surface area contributed by atoms with Crippen molar-refractivity contribution in [1.29, 1.82) is 0 Å². The number of nitrogens with zero attached hydrogens (tertiary/aromatic N) is 2. The summed E-state index contributed by atoms with van der Waals surface area (Å²) in [5, 5.41) is 11.7. The highest BCUT2D eigenvalue weighted by Gasteiger charge is 2.31. The SMILES string of the molecule is O=C1/C(=C/c2ccc([N+](=O)[O-])cc2)C=C(c2ccccc2)N1c1ccc(Cl)cc1Cl. The summed E-state index contributed by atoms with van der Waals surface area (Å²) in [5.74, 6) is -0.253. The predicted octanol–water partition coefficient (Wildman–Crippen LogP) is 6.37. The molecule has 1 amide bonds. The Morgan fingerprint density at radius 3 is 2.27 bits per heavy atom. The quantitative estimate of drug-likeness (QED) is 0.271. The van der Waals surface area contributed by atoms with Crippen LogP contribution in [-0.2, 0) is 4.79 Å². The predicted molar refractivity (Wildman–Crippen MR) is 119 cm³/mol. The fourth-order valence-corrected chi connectivity index (χ4v) is 3.70. The van der Waals surface area contributed by atoms with E-state index < -0.39 is 4.92 Å². The average molecular weight is 437 g/mol. The van der Waals surface area contributed by atoms with E-state index in [1.54, 1.807) is 47.4 Å². The Morgan fingerprint density at radius 2 is 1.63 bits per heavy atom. The van der Waals surface area contributed by atoms with E-state index in [0.717, 1.165) is 5.56 Å². The molecule has 1 aliphatic heterocycles. The number of amides is 1. The molecule has 0 N–H and O–H groups in total. The molecule has 7 heteroatoms. The van der Waals surface area contributed by atoms with E-state index in [1.165, 1.54) is 12.1 Å². The van der Waals surface area contributed by atoms with Crippen LogP contribution >= 0.6 is 23.2 Å². The number of hydrogen-bond donors (Lipinski definition) is 0. The fraction of sp³-hybridized carbons (Fsp3) is 0. The van der Waals surface area contributed by atoms with Gasteiger partial charge in [0.05, 0.1) is 21.3 Å². The van der Waals surface area contributed by atoms with E-state index in [1.807, 2.05) is 30.3 Å². The van der Waals surface area contributed by atoms with Gasteiger partial charge < -0.3 is 0 Å². The number of rotatable bonds is 4. The highest BCUT2D eigenvalue weighted by Crippen LogP contribution is 2.39. The fourth-order valence-electron chi connectivity index (χ4n) is 3.21. The normalized spacial score (nSPS) is 14.9. The maximum Gasteiger partial charge on any atom is 0.269 e. The molecule has 148 valence electrons. The van der Waals surface area contributed by atoms with Gasteiger partial charge in [0.1, 0.15) is 0 Å². The minimum absolute atomic E-state index is 0.00927. The summed E-state index contributed by atoms with van der Waals surface area (Å²) in [4.78, 5) is 25.3. The van der Waals surface area contributed by atoms with Gasteiger partial charge in [-0.2, -0.15) is 0 Å². The number of carbonyl (C=O) groups excluding carboxylic acids is 1. The van der Waals surface area contributed by atoms with E-state index >= 15 is 0 Å². The second-order valence-corrected chi connectivity index (χ2v) is 7.42. The first-order valence-corrected chi connectivity index (χ1v) is 9.72. The van der Waals surface area contributed by atoms with Gasteiger partial charge in [-0.15, -0.1) is 0 Å². The van der Waals surface area contributed by atoms with Gasteiger partial charge in [0, 0.05) is 22.7 Å². The molecular weight excluding hydrogens is 423 g/mol. The van der Waals surface area contributed by atoms with Crippen molar-refractivity contribution in [3.8, 4) is 0 Å². The Hall–Kier alpha value is -3.41. The lowest BCUT2D eigenvalue weighted by atomic mass is 10.1. The topological polar surface area (TPSA) is 63.4 Å². The van der Waals surface area contributed by atoms with Crippen molar-refractivity contribution in [2.24, 2.45) is 0 Å². The summed E-state index contributed by atoms with van der Waals surface area (Å²) in [6, 6.07) is 20.5. The third-order valence-electron chi connectivity index (χ3n) is 4.63. The maximum atomic E-state index is 13.3. The van der Waals surface area contributed by atoms with Crippen LogP contribution < -0.4 is 4.90 Å². The third kappa shape index (κ3) is 3.85. The molecule has 0 aliphatic carbocycles. The molecule has 0 unspecified atom stereocenters. The van der Waals surface area contributed by atoms with Crippen LogP contribution in [0.3, 0.4) is 0 Å². The monoisotopic (exact) mass is 436 g/mol. The van der Waals surface area contributed by atoms with Crippen molar-refractivity contribution in [2.75, 3.05) is 4.90 Å². The van der Waals surface area contributed by atoms with Crippen LogP contribution in [0, 0.1) is 10.1 Å². The lowest BCUT2D eigenvalue weighted by Crippen LogP contribution is -2.25. The smallest absolute Gasteiger partial charge is 0.269 e. The lowest BCUT2D eigenvalue weighted by Gasteiger charge is -2.22. The molecule has 3 aromatic carbocycles. The molecule has 0 radical (unpaired) electrons. The van der Waals surface area contributed by atoms with Crippen molar-refractivity contribution in [3.05, 3.63) is 116 Å². The summed E-state index contributed by atoms with van der Waals surface area (Å²) in [6.07, 6.45) is 3.48. The first-order chi connectivity index (χ1) is 14.4. The first kappa shape index (κ1) is 19.9. The van der Waals surface area contributed by atoms with Crippen molar-refractivity contribution in [1.82, 2.24) is 0 Å². The van der Waals surface area contributed by atoms with E-state index in [4.69, 9.17) is 23.2 Å². The van der Waals surface area contributed by atoms with E-state index in [9.17, 15) is 14.9 Å². The molecule has 0 fully saturated rings. The summed E-state index contributed by atoms with van der Waals surface area (Å²) in [7, 11) is 0. The summed E-state index contributed by atoms with van der Waals surface area (Å²) >= 11 is 12.4. The highest BCUT2D eigenvalue weighted by molar-refractivity contribution is 6.38. The van der Waals surface area contributed by atoms with Crippen LogP contribution in [0.2, 0.25) is 10.0 Å². The zero-order valence-corrected chi connectivity index (χ0v) is 17.0. The van der Waals surface area contributed by atoms with Gasteiger partial charge in [0.15, 0.2) is 0 Å². The van der Waals surface area contributed by atoms with Crippen molar-refractivity contribution in [3.63, 3.8) is 0 Å². The number of hydrogen-bond acceptors (Lipinski definition) is 3. The molecule has 0 saturated carbocycles. The molecule has 0 saturated heterocycles. The van der Waals surface area contributed by atoms with Gasteiger partial charge in [0.2, 0.25) is 0 Å². The van der Waals surface area contributed by atoms with Gasteiger partial charge in [-0.3, -0.25) is 19.8 Å². The van der Waals surface area contributed by atoms with E-state index in [0.29, 0.717) is 32.6 Å². The van der Waals surface area contributed by atoms with Crippen LogP contribution in [0.4, 0.5) is 11.4 Å². The summed E-state index contributed by atoms with van der Waals surface area (Å²) in [6.45, 7) is 0. The zero-order chi connectivity index (χ0) is 21.3. The molecule has 0 atom stereocenters. The lowest BCUT2D eigenvalue weighted by molar-refractivity contribution is -0.384. The second kappa shape index (κ2) is 8.14. The number of halogens is 2. The zero-order valence-electron chi connectivity index (χ0n) is 15.5. The van der Waals surface area contributed by atoms with Crippen LogP contribution in [0.25, 0.3) is 11.8 Å². The third-order valence-corrected chi connectivity index (χ3v) is 5.17. The minimum atomic E-state index is -0.463. The van der Waals surface area contributed by atoms with Crippen LogP contribution in [-0.4, -0.2) is 10.8 Å².